The molecule has 35 nitrogen and oxygen atoms in total. The smallest absolute Gasteiger partial charge is 0.351 e. The second-order valence-corrected chi connectivity index (χ2v) is 38.2. The first-order valence-electron chi connectivity index (χ1n) is 44.9. The molecule has 0 saturated carbocycles. The molecule has 4 aromatic rings. The third-order valence-electron chi connectivity index (χ3n) is 24.7. The minimum Gasteiger partial charge on any atom is -0.457 e. The number of carbonyl (C=O) groups excluding carboxylic acids is 7. The van der Waals surface area contributed by atoms with Crippen LogP contribution < -0.4 is 11.5 Å². The minimum atomic E-state index is -3.32. The number of alkyl halides is 2. The number of hydrogen-bond acceptors (Lipinski definition) is 35. The number of hydrogen-bond donors (Lipinski definition) is 7. The minimum absolute atomic E-state index is 0.0116. The van der Waals surface area contributed by atoms with Crippen molar-refractivity contribution in [3.63, 3.8) is 0 Å². The molecular weight excluding hydrogens is 1740 g/mol. The van der Waals surface area contributed by atoms with Crippen LogP contribution in [-0.4, -0.2) is 280 Å². The number of nitrogen functional groups attached to an aromatic ring is 2. The molecule has 732 valence electrons. The molecule has 4 aliphatic rings. The van der Waals surface area contributed by atoms with E-state index in [4.69, 9.17) is 63.8 Å². The van der Waals surface area contributed by atoms with Crippen molar-refractivity contribution in [2.45, 2.75) is 342 Å². The summed E-state index contributed by atoms with van der Waals surface area (Å²) in [7, 11) is 7.17. The number of halogens is 2. The maximum Gasteiger partial charge on any atom is 0.351 e. The molecule has 8 heterocycles. The summed E-state index contributed by atoms with van der Waals surface area (Å²) in [5.41, 5.74) is 0.529. The molecule has 0 aromatic carbocycles. The predicted molar refractivity (Wildman–Crippen MR) is 490 cm³/mol. The average molecular weight is 1880 g/mol. The largest absolute Gasteiger partial charge is 0.457 e. The van der Waals surface area contributed by atoms with Gasteiger partial charge in [0.2, 0.25) is 11.8 Å². The maximum absolute atomic E-state index is 17.0. The molecule has 8 rings (SSSR count). The lowest BCUT2D eigenvalue weighted by molar-refractivity contribution is -0.295. The number of nitrogens with zero attached hydrogens (tertiary/aromatic N) is 10. The van der Waals surface area contributed by atoms with Crippen LogP contribution in [0.25, 0.3) is 21.4 Å². The Morgan fingerprint density at radius 2 is 0.916 bits per heavy atom. The summed E-state index contributed by atoms with van der Waals surface area (Å²) in [4.78, 5) is 137. The summed E-state index contributed by atoms with van der Waals surface area (Å²) in [5.74, 6) is -13.1. The maximum atomic E-state index is 17.0. The number of thiazole rings is 2. The number of ketones is 2. The number of aliphatic hydroxyl groups excluding tert-OH is 1. The highest BCUT2D eigenvalue weighted by Gasteiger charge is 2.59. The number of oxime groups is 2. The van der Waals surface area contributed by atoms with E-state index >= 15 is 8.78 Å². The summed E-state index contributed by atoms with van der Waals surface area (Å²) >= 11 is 2.74. The molecule has 4 aromatic heterocycles. The SMILES string of the molecule is CCC(=O)N=C1[C@H](C)C[C@@](C)(O)[C@H](O[C@@H]2O[C@H](C)C[C@H](N(C)C)[C@H]2O)[C@@H](C)C(=O)[C@](C)(F)C(=O)O[C@H](CC)[C@@](C)(O)[C@H](OC/C(CC)=N\OCc2csc(-c3cccc(N)n3)n2)[C@H]1C.CCC(=O)N=C1[C@H](C)C[C@@](C)(O)[C@H](O[C@@H]2O[C@H](C)C[C@H](N(C)C)[C@H]2OC(C)=O)[C@@H](C)C(=O)[C@](C)(F)C(=O)O[C@H](CC)[C@@](C)(O)[C@H](OCC(CC)=NOCc2csc(-c3cccc(N)n3)n2)[C@H]1C. The summed E-state index contributed by atoms with van der Waals surface area (Å²) in [6, 6.07) is 9.69. The number of aromatic nitrogens is 4. The summed E-state index contributed by atoms with van der Waals surface area (Å²) in [6.45, 7) is 31.1. The van der Waals surface area contributed by atoms with Crippen molar-refractivity contribution in [3.8, 4) is 21.4 Å². The van der Waals surface area contributed by atoms with Gasteiger partial charge >= 0.3 is 17.9 Å². The fraction of sp³-hybridized carbons (Fsp3) is 0.707. The van der Waals surface area contributed by atoms with Crippen molar-refractivity contribution in [2.24, 2.45) is 55.8 Å². The van der Waals surface area contributed by atoms with E-state index in [9.17, 15) is 59.1 Å². The van der Waals surface area contributed by atoms with Crippen molar-refractivity contribution in [1.82, 2.24) is 29.7 Å². The van der Waals surface area contributed by atoms with E-state index in [1.807, 2.05) is 34.4 Å². The molecule has 4 fully saturated rings. The van der Waals surface area contributed by atoms with Crippen LogP contribution in [0.2, 0.25) is 0 Å². The van der Waals surface area contributed by atoms with E-state index in [1.54, 1.807) is 134 Å². The summed E-state index contributed by atoms with van der Waals surface area (Å²) < 4.78 is 89.1. The summed E-state index contributed by atoms with van der Waals surface area (Å²) in [6.07, 6.45) is -13.4. The number of carbonyl (C=O) groups is 7. The molecule has 0 bridgehead atoms. The van der Waals surface area contributed by atoms with Crippen LogP contribution in [0.5, 0.6) is 0 Å². The van der Waals surface area contributed by atoms with Crippen molar-refractivity contribution in [3.05, 3.63) is 58.5 Å². The van der Waals surface area contributed by atoms with Gasteiger partial charge < -0.3 is 99.1 Å². The molecule has 2 amide bonds. The molecule has 9 N–H and O–H groups in total. The van der Waals surface area contributed by atoms with Crippen LogP contribution in [0, 0.1) is 35.5 Å². The first-order chi connectivity index (χ1) is 61.2. The Kier molecular flexibility index (Phi) is 39.7. The quantitative estimate of drug-likeness (QED) is 0.00958. The number of ether oxygens (including phenoxy) is 9. The van der Waals surface area contributed by atoms with Gasteiger partial charge in [-0.25, -0.2) is 48.3 Å². The Bertz CT molecular complexity index is 4630. The number of nitrogens with two attached hydrogens (primary N) is 2. The van der Waals surface area contributed by atoms with Crippen molar-refractivity contribution >= 4 is 98.4 Å². The second kappa shape index (κ2) is 47.4. The van der Waals surface area contributed by atoms with Gasteiger partial charge in [0.1, 0.15) is 62.6 Å². The Labute approximate surface area is 775 Å². The monoisotopic (exact) mass is 1880 g/mol. The molecule has 26 atom stereocenters. The van der Waals surface area contributed by atoms with Gasteiger partial charge in [0, 0.05) is 71.7 Å². The second-order valence-electron chi connectivity index (χ2n) is 36.5. The summed E-state index contributed by atoms with van der Waals surface area (Å²) in [5, 5.41) is 75.0. The number of pyridine rings is 2. The molecule has 0 radical (unpaired) electrons. The Morgan fingerprint density at radius 3 is 1.27 bits per heavy atom. The van der Waals surface area contributed by atoms with Gasteiger partial charge in [0.05, 0.1) is 89.9 Å². The van der Waals surface area contributed by atoms with Crippen molar-refractivity contribution in [2.75, 3.05) is 52.9 Å². The van der Waals surface area contributed by atoms with E-state index in [-0.39, 0.29) is 76.4 Å². The van der Waals surface area contributed by atoms with Gasteiger partial charge in [0.15, 0.2) is 43.5 Å². The third kappa shape index (κ3) is 28.0. The molecular formula is C92H140F2N12O23S2. The van der Waals surface area contributed by atoms with Crippen LogP contribution in [-0.2, 0) is 99.1 Å². The molecule has 4 saturated heterocycles. The number of esters is 3. The first kappa shape index (κ1) is 110. The number of rotatable bonds is 27. The van der Waals surface area contributed by atoms with Crippen LogP contribution in [0.1, 0.15) is 221 Å². The number of Topliss-reactive ketones (excluding diaryl/α,β-unsaturated/α-hetero) is 2. The number of amides is 2. The zero-order valence-electron chi connectivity index (χ0n) is 80.3. The highest BCUT2D eigenvalue weighted by molar-refractivity contribution is 7.13. The van der Waals surface area contributed by atoms with Crippen LogP contribution in [0.4, 0.5) is 20.4 Å². The van der Waals surface area contributed by atoms with Crippen molar-refractivity contribution < 1.29 is 120 Å². The topological polar surface area (TPSA) is 482 Å². The standard InChI is InChI=1S/C47H71FN6O12S.C45H69FN6O11S/c1-14-30(53-62-23-31-24-67-42(50-31)32-18-17-19-35(49)51-32)22-61-41-27(6)37(52-36(56)16-3)25(4)21-45(9,59)40(66-43-38(64-29(8)55)33(54(12)13)20-26(5)63-43)28(7)39(57)46(10,48)44(58)65-34(15-2)47(41,11)60;1-13-28(51-60-22-29-23-64-40(48-29)30-17-16-18-33(47)49-30)21-59-39-26(6)35(50-34(53)15-3)24(4)20-43(8,57)38(63-41-36(54)31(52(11)12)19-25(5)61-41)27(7)37(55)44(9,46)42(56)62-32(14-2)45(39,10)58/h17-19,24-28,33-34,38,40-41,43,59-60H,14-16,20-23H2,1-13H3,(H2,49,51);16-18,23-27,31-32,36,38-39,41,54,57-58H,13-15,19-22H2,1-12H3,(H2,47,49)/b;50-35?,51-28-/t25-,26-,27+,28+,33+,34-,38-,40-,41-,43+,45-,46+,47-;24-,25-,26+,27+,31+,32-,36-,38-,39-,41+,43-,44+,45-/m11/s1. The van der Waals surface area contributed by atoms with Crippen molar-refractivity contribution in [1.29, 1.82) is 0 Å². The van der Waals surface area contributed by atoms with E-state index < -0.39 is 196 Å². The lowest BCUT2D eigenvalue weighted by atomic mass is 9.73. The lowest BCUT2D eigenvalue weighted by Crippen LogP contribution is -2.61. The van der Waals surface area contributed by atoms with Gasteiger partial charge in [-0.2, -0.15) is 0 Å². The molecule has 0 unspecified atom stereocenters. The zero-order chi connectivity index (χ0) is 98.1. The van der Waals surface area contributed by atoms with Gasteiger partial charge in [-0.15, -0.1) is 22.7 Å². The van der Waals surface area contributed by atoms with E-state index in [0.29, 0.717) is 81.5 Å². The Hall–Kier alpha value is -8.13. The molecule has 131 heavy (non-hydrogen) atoms. The molecule has 39 heteroatoms. The number of anilines is 2. The molecule has 0 spiro atoms. The van der Waals surface area contributed by atoms with Gasteiger partial charge in [0.25, 0.3) is 11.3 Å². The molecule has 4 aliphatic heterocycles. The average Bonchev–Trinajstić information content (AvgIpc) is 1.76. The lowest BCUT2D eigenvalue weighted by Gasteiger charge is -2.47. The number of likely N-dealkylation sites (N-methyl/N-ethyl adjacent to an activating group) is 2. The fourth-order valence-electron chi connectivity index (χ4n) is 17.6. The van der Waals surface area contributed by atoms with Gasteiger partial charge in [-0.1, -0.05) is 106 Å². The van der Waals surface area contributed by atoms with E-state index in [1.165, 1.54) is 71.1 Å². The first-order valence-corrected chi connectivity index (χ1v) is 46.7. The number of aliphatic hydroxyl groups is 5. The third-order valence-corrected chi connectivity index (χ3v) is 26.5. The Balaban J connectivity index is 0.000000359. The van der Waals surface area contributed by atoms with Gasteiger partial charge in [-0.3, -0.25) is 24.0 Å². The van der Waals surface area contributed by atoms with Crippen LogP contribution in [0.15, 0.2) is 67.5 Å². The number of aliphatic imine (C=N–C) groups is 2. The van der Waals surface area contributed by atoms with Crippen LogP contribution >= 0.6 is 22.7 Å². The Morgan fingerprint density at radius 1 is 0.542 bits per heavy atom. The predicted octanol–water partition coefficient (Wildman–Crippen LogP) is 10.7. The van der Waals surface area contributed by atoms with Crippen LogP contribution in [0.3, 0.4) is 0 Å². The van der Waals surface area contributed by atoms with Gasteiger partial charge in [-0.05, 0) is 171 Å². The van der Waals surface area contributed by atoms with E-state index in [0.717, 1.165) is 13.8 Å². The normalized spacial score (nSPS) is 35.0. The highest BCUT2D eigenvalue weighted by atomic mass is 32.1. The number of cyclic esters (lactones) is 2. The zero-order valence-corrected chi connectivity index (χ0v) is 82.0. The van der Waals surface area contributed by atoms with E-state index in [2.05, 4.69) is 40.2 Å². The highest BCUT2D eigenvalue weighted by Crippen LogP contribution is 2.44. The fourth-order valence-corrected chi connectivity index (χ4v) is 19.1. The molecule has 0 aliphatic carbocycles.